The molecule has 6 nitrogen and oxygen atoms in total. The summed E-state index contributed by atoms with van der Waals surface area (Å²) in [5, 5.41) is 0. The molecule has 1 aromatic carbocycles. The Hall–Kier alpha value is -1.92. The average molecular weight is 561 g/mol. The SMILES string of the molecule is CCCCCCCCCN(CC)CCOC(=O)c1ccccc1C(=O)OCCN(CC)CCCCCCCCC. The van der Waals surface area contributed by atoms with Crippen molar-refractivity contribution in [1.29, 1.82) is 0 Å². The Bertz CT molecular complexity index is 707. The molecule has 0 saturated heterocycles. The number of benzene rings is 1. The number of unbranched alkanes of at least 4 members (excludes halogenated alkanes) is 12. The maximum atomic E-state index is 12.8. The highest BCUT2D eigenvalue weighted by molar-refractivity contribution is 6.03. The van der Waals surface area contributed by atoms with Crippen molar-refractivity contribution in [3.63, 3.8) is 0 Å². The lowest BCUT2D eigenvalue weighted by molar-refractivity contribution is 0.0417. The molecule has 0 saturated carbocycles. The Morgan fingerprint density at radius 2 is 0.875 bits per heavy atom. The Labute approximate surface area is 246 Å². The van der Waals surface area contributed by atoms with E-state index in [-0.39, 0.29) is 11.1 Å². The fourth-order valence-corrected chi connectivity index (χ4v) is 4.97. The normalized spacial score (nSPS) is 11.3. The summed E-state index contributed by atoms with van der Waals surface area (Å²) in [6, 6.07) is 6.81. The lowest BCUT2D eigenvalue weighted by Gasteiger charge is -2.20. The molecule has 230 valence electrons. The fraction of sp³-hybridized carbons (Fsp3) is 0.765. The molecule has 6 heteroatoms. The van der Waals surface area contributed by atoms with Crippen molar-refractivity contribution < 1.29 is 19.1 Å². The van der Waals surface area contributed by atoms with Gasteiger partial charge in [-0.3, -0.25) is 0 Å². The molecular weight excluding hydrogens is 500 g/mol. The van der Waals surface area contributed by atoms with Crippen molar-refractivity contribution in [1.82, 2.24) is 9.80 Å². The molecule has 0 aromatic heterocycles. The molecule has 0 heterocycles. The number of hydrogen-bond donors (Lipinski definition) is 0. The quantitative estimate of drug-likeness (QED) is 0.0842. The van der Waals surface area contributed by atoms with E-state index in [2.05, 4.69) is 37.5 Å². The number of esters is 2. The van der Waals surface area contributed by atoms with Crippen molar-refractivity contribution in [3.05, 3.63) is 35.4 Å². The molecular formula is C34H60N2O4. The largest absolute Gasteiger partial charge is 0.461 e. The van der Waals surface area contributed by atoms with Gasteiger partial charge in [0.1, 0.15) is 13.2 Å². The number of rotatable bonds is 26. The molecule has 0 aliphatic rings. The minimum Gasteiger partial charge on any atom is -0.461 e. The number of ether oxygens (including phenoxy) is 2. The molecule has 1 rings (SSSR count). The molecule has 0 spiro atoms. The number of carbonyl (C=O) groups is 2. The highest BCUT2D eigenvalue weighted by atomic mass is 16.5. The van der Waals surface area contributed by atoms with Crippen molar-refractivity contribution >= 4 is 11.9 Å². The summed E-state index contributed by atoms with van der Waals surface area (Å²) >= 11 is 0. The Morgan fingerprint density at radius 1 is 0.525 bits per heavy atom. The van der Waals surface area contributed by atoms with Crippen LogP contribution in [0, 0.1) is 0 Å². The zero-order chi connectivity index (χ0) is 29.3. The number of likely N-dealkylation sites (N-methyl/N-ethyl adjacent to an activating group) is 2. The van der Waals surface area contributed by atoms with Gasteiger partial charge in [-0.05, 0) is 51.2 Å². The smallest absolute Gasteiger partial charge is 0.339 e. The lowest BCUT2D eigenvalue weighted by Crippen LogP contribution is -2.30. The van der Waals surface area contributed by atoms with Gasteiger partial charge in [-0.25, -0.2) is 9.59 Å². The molecule has 0 aliphatic heterocycles. The first-order valence-electron chi connectivity index (χ1n) is 16.4. The third kappa shape index (κ3) is 17.0. The van der Waals surface area contributed by atoms with Crippen molar-refractivity contribution in [3.8, 4) is 0 Å². The van der Waals surface area contributed by atoms with E-state index in [0.717, 1.165) is 26.2 Å². The van der Waals surface area contributed by atoms with Crippen LogP contribution in [0.3, 0.4) is 0 Å². The van der Waals surface area contributed by atoms with Gasteiger partial charge >= 0.3 is 11.9 Å². The van der Waals surface area contributed by atoms with Crippen molar-refractivity contribution in [2.24, 2.45) is 0 Å². The van der Waals surface area contributed by atoms with E-state index in [9.17, 15) is 9.59 Å². The van der Waals surface area contributed by atoms with Gasteiger partial charge in [-0.1, -0.05) is 117 Å². The molecule has 40 heavy (non-hydrogen) atoms. The van der Waals surface area contributed by atoms with E-state index in [0.29, 0.717) is 26.3 Å². The first-order valence-corrected chi connectivity index (χ1v) is 16.4. The van der Waals surface area contributed by atoms with Crippen molar-refractivity contribution in [2.45, 2.75) is 118 Å². The summed E-state index contributed by atoms with van der Waals surface area (Å²) in [5.74, 6) is -0.928. The van der Waals surface area contributed by atoms with Gasteiger partial charge in [-0.2, -0.15) is 0 Å². The topological polar surface area (TPSA) is 59.1 Å². The van der Waals surface area contributed by atoms with E-state index in [1.54, 1.807) is 24.3 Å². The van der Waals surface area contributed by atoms with E-state index in [1.807, 2.05) is 0 Å². The molecule has 0 N–H and O–H groups in total. The summed E-state index contributed by atoms with van der Waals surface area (Å²) in [5.41, 5.74) is 0.552. The molecule has 0 unspecified atom stereocenters. The van der Waals surface area contributed by atoms with Crippen LogP contribution in [-0.4, -0.2) is 74.2 Å². The summed E-state index contributed by atoms with van der Waals surface area (Å²) in [6.07, 6.45) is 18.0. The minimum absolute atomic E-state index is 0.276. The minimum atomic E-state index is -0.464. The Morgan fingerprint density at radius 3 is 1.23 bits per heavy atom. The third-order valence-corrected chi connectivity index (χ3v) is 7.70. The van der Waals surface area contributed by atoms with Crippen LogP contribution in [0.5, 0.6) is 0 Å². The van der Waals surface area contributed by atoms with Crippen LogP contribution in [0.1, 0.15) is 138 Å². The second-order valence-electron chi connectivity index (χ2n) is 10.9. The van der Waals surface area contributed by atoms with Gasteiger partial charge < -0.3 is 19.3 Å². The number of hydrogen-bond acceptors (Lipinski definition) is 6. The summed E-state index contributed by atoms with van der Waals surface area (Å²) < 4.78 is 11.1. The second kappa shape index (κ2) is 24.8. The van der Waals surface area contributed by atoms with E-state index < -0.39 is 11.9 Å². The van der Waals surface area contributed by atoms with Gasteiger partial charge in [0, 0.05) is 13.1 Å². The summed E-state index contributed by atoms with van der Waals surface area (Å²) in [6.45, 7) is 14.7. The molecule has 0 aliphatic carbocycles. The number of nitrogens with zero attached hydrogens (tertiary/aromatic N) is 2. The van der Waals surface area contributed by atoms with Crippen LogP contribution in [0.2, 0.25) is 0 Å². The maximum Gasteiger partial charge on any atom is 0.339 e. The lowest BCUT2D eigenvalue weighted by atomic mass is 10.1. The standard InChI is InChI=1S/C34H60N2O4/c1-5-9-11-13-15-17-21-25-35(7-3)27-29-39-33(37)31-23-19-20-24-32(31)34(38)40-30-28-36(8-4)26-22-18-16-14-12-10-6-2/h19-20,23-24H,5-18,21-22,25-30H2,1-4H3. The highest BCUT2D eigenvalue weighted by Gasteiger charge is 2.19. The zero-order valence-electron chi connectivity index (χ0n) is 26.4. The van der Waals surface area contributed by atoms with Crippen LogP contribution in [0.25, 0.3) is 0 Å². The van der Waals surface area contributed by atoms with Gasteiger partial charge in [0.05, 0.1) is 11.1 Å². The zero-order valence-corrected chi connectivity index (χ0v) is 26.4. The Balaban J connectivity index is 2.38. The van der Waals surface area contributed by atoms with E-state index in [1.165, 1.54) is 89.9 Å². The molecule has 0 atom stereocenters. The van der Waals surface area contributed by atoms with E-state index in [4.69, 9.17) is 9.47 Å². The molecule has 0 bridgehead atoms. The Kier molecular flexibility index (Phi) is 22.4. The van der Waals surface area contributed by atoms with Gasteiger partial charge in [0.25, 0.3) is 0 Å². The van der Waals surface area contributed by atoms with E-state index >= 15 is 0 Å². The first-order chi connectivity index (χ1) is 19.6. The van der Waals surface area contributed by atoms with Crippen LogP contribution in [-0.2, 0) is 9.47 Å². The van der Waals surface area contributed by atoms with Gasteiger partial charge in [0.15, 0.2) is 0 Å². The van der Waals surface area contributed by atoms with Crippen molar-refractivity contribution in [2.75, 3.05) is 52.5 Å². The second-order valence-corrected chi connectivity index (χ2v) is 10.9. The molecule has 1 aromatic rings. The summed E-state index contributed by atoms with van der Waals surface area (Å²) in [4.78, 5) is 30.3. The first kappa shape index (κ1) is 36.1. The number of carbonyl (C=O) groups excluding carboxylic acids is 2. The highest BCUT2D eigenvalue weighted by Crippen LogP contribution is 2.13. The third-order valence-electron chi connectivity index (χ3n) is 7.70. The van der Waals surface area contributed by atoms with Crippen LogP contribution >= 0.6 is 0 Å². The molecule has 0 radical (unpaired) electrons. The molecule has 0 fully saturated rings. The van der Waals surface area contributed by atoms with Gasteiger partial charge in [0.2, 0.25) is 0 Å². The predicted molar refractivity (Wildman–Crippen MR) is 167 cm³/mol. The summed E-state index contributed by atoms with van der Waals surface area (Å²) in [7, 11) is 0. The fourth-order valence-electron chi connectivity index (χ4n) is 4.97. The van der Waals surface area contributed by atoms with Crippen LogP contribution in [0.4, 0.5) is 0 Å². The monoisotopic (exact) mass is 560 g/mol. The van der Waals surface area contributed by atoms with Crippen LogP contribution in [0.15, 0.2) is 24.3 Å². The van der Waals surface area contributed by atoms with Crippen LogP contribution < -0.4 is 0 Å². The predicted octanol–water partition coefficient (Wildman–Crippen LogP) is 8.15. The maximum absolute atomic E-state index is 12.8. The molecule has 0 amide bonds. The van der Waals surface area contributed by atoms with Gasteiger partial charge in [-0.15, -0.1) is 0 Å². The average Bonchev–Trinajstić information content (AvgIpc) is 2.98.